The molecule has 0 atom stereocenters. The molecule has 7 rings (SSSR count). The van der Waals surface area contributed by atoms with Crippen LogP contribution in [0, 0.1) is 6.92 Å². The van der Waals surface area contributed by atoms with Crippen LogP contribution in [0.5, 0.6) is 40.2 Å². The molecule has 0 radical (unpaired) electrons. The number of carbonyl (C=O) groups is 4. The lowest BCUT2D eigenvalue weighted by Crippen LogP contribution is -2.09. The van der Waals surface area contributed by atoms with E-state index in [2.05, 4.69) is 36.9 Å². The summed E-state index contributed by atoms with van der Waals surface area (Å²) in [6.07, 6.45) is 21.5. The fourth-order valence-corrected chi connectivity index (χ4v) is 8.35. The maximum absolute atomic E-state index is 12.5. The smallest absolute Gasteiger partial charge is 0.343 e. The maximum Gasteiger partial charge on any atom is 0.343 e. The van der Waals surface area contributed by atoms with Crippen LogP contribution in [0.3, 0.4) is 0 Å². The third kappa shape index (κ3) is 27.8. The van der Waals surface area contributed by atoms with Gasteiger partial charge >= 0.3 is 17.9 Å². The predicted molar refractivity (Wildman–Crippen MR) is 341 cm³/mol. The number of esters is 3. The normalized spacial score (nSPS) is 10.2. The van der Waals surface area contributed by atoms with Gasteiger partial charge in [0.1, 0.15) is 40.2 Å². The second-order valence-electron chi connectivity index (χ2n) is 19.7. The Balaban J connectivity index is 0.000000242. The van der Waals surface area contributed by atoms with E-state index in [1.54, 1.807) is 97.1 Å². The van der Waals surface area contributed by atoms with Gasteiger partial charge in [-0.25, -0.2) is 14.4 Å². The summed E-state index contributed by atoms with van der Waals surface area (Å²) in [5.74, 6) is 3.25. The molecular weight excluding hydrogens is 1100 g/mol. The van der Waals surface area contributed by atoms with Gasteiger partial charge in [-0.3, -0.25) is 4.79 Å². The molecular formula is C73H80O14. The fourth-order valence-electron chi connectivity index (χ4n) is 8.35. The molecule has 456 valence electrons. The molecule has 0 aliphatic heterocycles. The summed E-state index contributed by atoms with van der Waals surface area (Å²) < 4.78 is 43.3. The molecule has 0 aliphatic rings. The van der Waals surface area contributed by atoms with E-state index in [9.17, 15) is 19.2 Å². The number of hydrogen-bond donors (Lipinski definition) is 0. The first-order valence-corrected chi connectivity index (χ1v) is 29.3. The SMILES string of the molecule is C=C=COOCCCCCCCCCOc1ccc(OC=O)cc1.C=CC(=O)OCCCCCCCCCOc1ccc(C(=O)Oc2ccc3ccccc3c2)cc1.C=Cc1ccc(OCOc2ccc(OC(=O)c3ccc(C=C)cc3)cc2C)cc1. The van der Waals surface area contributed by atoms with Gasteiger partial charge in [0.25, 0.3) is 6.47 Å². The molecule has 0 saturated carbocycles. The van der Waals surface area contributed by atoms with Gasteiger partial charge in [-0.15, -0.1) is 0 Å². The van der Waals surface area contributed by atoms with Gasteiger partial charge in [0.2, 0.25) is 6.79 Å². The quantitative estimate of drug-likeness (QED) is 0.00346. The van der Waals surface area contributed by atoms with Crippen molar-refractivity contribution in [3.05, 3.63) is 230 Å². The van der Waals surface area contributed by atoms with Crippen LogP contribution in [0.2, 0.25) is 0 Å². The van der Waals surface area contributed by atoms with Crippen molar-refractivity contribution in [2.24, 2.45) is 0 Å². The fraction of sp³-hybridized carbons (Fsp3) is 0.274. The Morgan fingerprint density at radius 2 is 0.908 bits per heavy atom. The van der Waals surface area contributed by atoms with Crippen LogP contribution in [-0.2, 0) is 24.1 Å². The summed E-state index contributed by atoms with van der Waals surface area (Å²) in [7, 11) is 0. The highest BCUT2D eigenvalue weighted by molar-refractivity contribution is 5.92. The molecule has 0 aromatic heterocycles. The molecule has 7 aromatic carbocycles. The number of rotatable bonds is 37. The minimum absolute atomic E-state index is 0.0725. The monoisotopic (exact) mass is 1180 g/mol. The Morgan fingerprint density at radius 3 is 1.45 bits per heavy atom. The van der Waals surface area contributed by atoms with Gasteiger partial charge in [0, 0.05) is 6.08 Å². The topological polar surface area (TPSA) is 161 Å². The average molecular weight is 1180 g/mol. The van der Waals surface area contributed by atoms with E-state index in [0.29, 0.717) is 72.8 Å². The molecule has 7 aromatic rings. The highest BCUT2D eigenvalue weighted by Crippen LogP contribution is 2.26. The molecule has 0 bridgehead atoms. The van der Waals surface area contributed by atoms with Crippen molar-refractivity contribution in [2.45, 2.75) is 96.8 Å². The van der Waals surface area contributed by atoms with Crippen molar-refractivity contribution < 1.29 is 66.8 Å². The first kappa shape index (κ1) is 68.2. The van der Waals surface area contributed by atoms with Crippen LogP contribution >= 0.6 is 0 Å². The third-order valence-electron chi connectivity index (χ3n) is 13.1. The molecule has 0 amide bonds. The van der Waals surface area contributed by atoms with E-state index < -0.39 is 5.97 Å². The summed E-state index contributed by atoms with van der Waals surface area (Å²) in [5.41, 5.74) is 6.24. The maximum atomic E-state index is 12.5. The van der Waals surface area contributed by atoms with Crippen LogP contribution in [0.1, 0.15) is 127 Å². The average Bonchev–Trinajstić information content (AvgIpc) is 3.47. The molecule has 14 heteroatoms. The number of carbonyl (C=O) groups excluding carboxylic acids is 4. The lowest BCUT2D eigenvalue weighted by molar-refractivity contribution is -0.248. The zero-order chi connectivity index (χ0) is 61.9. The lowest BCUT2D eigenvalue weighted by Gasteiger charge is -2.12. The number of fused-ring (bicyclic) bond motifs is 1. The molecule has 0 fully saturated rings. The predicted octanol–water partition coefficient (Wildman–Crippen LogP) is 17.4. The van der Waals surface area contributed by atoms with E-state index in [1.807, 2.05) is 79.7 Å². The third-order valence-corrected chi connectivity index (χ3v) is 13.1. The van der Waals surface area contributed by atoms with E-state index >= 15 is 0 Å². The van der Waals surface area contributed by atoms with E-state index in [0.717, 1.165) is 103 Å². The van der Waals surface area contributed by atoms with E-state index in [1.165, 1.54) is 38.0 Å². The van der Waals surface area contributed by atoms with Gasteiger partial charge < -0.3 is 42.8 Å². The van der Waals surface area contributed by atoms with Gasteiger partial charge in [-0.1, -0.05) is 163 Å². The molecule has 0 unspecified atom stereocenters. The van der Waals surface area contributed by atoms with Crippen molar-refractivity contribution in [3.63, 3.8) is 0 Å². The van der Waals surface area contributed by atoms with Crippen molar-refractivity contribution in [2.75, 3.05) is 33.2 Å². The number of hydrogen-bond acceptors (Lipinski definition) is 14. The molecule has 0 N–H and O–H groups in total. The highest BCUT2D eigenvalue weighted by Gasteiger charge is 2.12. The van der Waals surface area contributed by atoms with Crippen LogP contribution in [-0.4, -0.2) is 57.6 Å². The summed E-state index contributed by atoms with van der Waals surface area (Å²) in [5, 5.41) is 2.13. The largest absolute Gasteiger partial charge is 0.494 e. The summed E-state index contributed by atoms with van der Waals surface area (Å²) in [4.78, 5) is 55.4. The minimum Gasteiger partial charge on any atom is -0.494 e. The Morgan fingerprint density at radius 1 is 0.460 bits per heavy atom. The molecule has 87 heavy (non-hydrogen) atoms. The van der Waals surface area contributed by atoms with Gasteiger partial charge in [-0.05, 0) is 163 Å². The van der Waals surface area contributed by atoms with Gasteiger partial charge in [-0.2, -0.15) is 4.89 Å². The number of aryl methyl sites for hydroxylation is 1. The van der Waals surface area contributed by atoms with E-state index in [-0.39, 0.29) is 18.7 Å². The van der Waals surface area contributed by atoms with Crippen LogP contribution in [0.4, 0.5) is 0 Å². The highest BCUT2D eigenvalue weighted by atomic mass is 17.2. The standard InChI is InChI=1S/C29H32O5.C25H22O4.C19H26O5/c1-2-28(30)33-21-11-7-5-3-4-6-10-20-32-26-17-15-24(16-18-26)29(31)34-27-19-14-23-12-8-9-13-25(23)22-27;1-4-19-6-10-21(11-7-19)25(26)29-23-14-15-24(18(3)16-23)28-17-27-22-12-8-20(5-2)9-13-22;1-2-14-23-24-16-9-7-5-3-4-6-8-15-21-18-10-12-19(13-11-18)22-17-20/h2,8-9,12-19,22H,1,3-7,10-11,20-21H2;4-16H,1-2,17H2,3H3;10-14,17H,1,3-9,15-16H2. The number of ether oxygens (including phenoxy) is 8. The van der Waals surface area contributed by atoms with Crippen molar-refractivity contribution in [1.82, 2.24) is 0 Å². The molecule has 0 spiro atoms. The zero-order valence-electron chi connectivity index (χ0n) is 49.9. The molecule has 14 nitrogen and oxygen atoms in total. The Bertz CT molecular complexity index is 3220. The lowest BCUT2D eigenvalue weighted by atomic mass is 10.1. The van der Waals surface area contributed by atoms with Crippen molar-refractivity contribution in [3.8, 4) is 40.2 Å². The Hall–Kier alpha value is -9.62. The second-order valence-corrected chi connectivity index (χ2v) is 19.7. The van der Waals surface area contributed by atoms with E-state index in [4.69, 9.17) is 42.8 Å². The van der Waals surface area contributed by atoms with Crippen molar-refractivity contribution >= 4 is 47.3 Å². The van der Waals surface area contributed by atoms with Gasteiger partial charge in [0.05, 0.1) is 37.6 Å². The second kappa shape index (κ2) is 41.4. The Kier molecular flexibility index (Phi) is 32.4. The number of benzene rings is 7. The van der Waals surface area contributed by atoms with Crippen LogP contribution < -0.4 is 33.2 Å². The first-order chi connectivity index (χ1) is 42.6. The number of unbranched alkanes of at least 4 members (excludes halogenated alkanes) is 12. The zero-order valence-corrected chi connectivity index (χ0v) is 49.9. The summed E-state index contributed by atoms with van der Waals surface area (Å²) in [6, 6.07) is 47.5. The first-order valence-electron chi connectivity index (χ1n) is 29.3. The van der Waals surface area contributed by atoms with Crippen LogP contribution in [0.15, 0.2) is 202 Å². The summed E-state index contributed by atoms with van der Waals surface area (Å²) in [6.45, 7) is 18.9. The molecule has 0 heterocycles. The van der Waals surface area contributed by atoms with Gasteiger partial charge in [0.15, 0.2) is 6.26 Å². The molecule has 0 saturated heterocycles. The van der Waals surface area contributed by atoms with Crippen molar-refractivity contribution in [1.29, 1.82) is 0 Å². The summed E-state index contributed by atoms with van der Waals surface area (Å²) >= 11 is 0. The minimum atomic E-state index is -0.417. The Labute approximate surface area is 512 Å². The molecule has 0 aliphatic carbocycles. The van der Waals surface area contributed by atoms with Crippen LogP contribution in [0.25, 0.3) is 22.9 Å².